The average molecular weight is 364 g/mol. The van der Waals surface area contributed by atoms with E-state index in [2.05, 4.69) is 11.8 Å². The smallest absolute Gasteiger partial charge is 0.227 e. The number of halogens is 1. The summed E-state index contributed by atoms with van der Waals surface area (Å²) in [6.45, 7) is 8.10. The molecule has 3 rings (SSSR count). The minimum absolute atomic E-state index is 0.0443. The molecule has 0 saturated carbocycles. The molecule has 2 fully saturated rings. The molecule has 136 valence electrons. The van der Waals surface area contributed by atoms with Crippen molar-refractivity contribution in [2.24, 2.45) is 5.92 Å². The number of piperazine rings is 1. The maximum Gasteiger partial charge on any atom is 0.227 e. The number of rotatable bonds is 2. The van der Waals surface area contributed by atoms with Crippen LogP contribution >= 0.6 is 11.6 Å². The van der Waals surface area contributed by atoms with E-state index in [-0.39, 0.29) is 17.7 Å². The average Bonchev–Trinajstić information content (AvgIpc) is 2.63. The van der Waals surface area contributed by atoms with Crippen molar-refractivity contribution in [1.82, 2.24) is 9.80 Å². The highest BCUT2D eigenvalue weighted by Crippen LogP contribution is 2.26. The second-order valence-corrected chi connectivity index (χ2v) is 7.48. The standard InChI is InChI=1S/C19H26ClN3O2/c1-14-5-6-17(20)12-18(14)21-8-10-22(11-9-21)19(25)16-4-3-7-23(13-16)15(2)24/h5-6,12,16H,3-4,7-11,13H2,1-2H3/t16-/m1/s1. The predicted octanol–water partition coefficient (Wildman–Crippen LogP) is 2.56. The third-order valence-corrected chi connectivity index (χ3v) is 5.55. The molecule has 0 bridgehead atoms. The molecular formula is C19H26ClN3O2. The first-order chi connectivity index (χ1) is 12.0. The van der Waals surface area contributed by atoms with Crippen LogP contribution in [0.3, 0.4) is 0 Å². The normalized spacial score (nSPS) is 21.4. The van der Waals surface area contributed by atoms with Crippen molar-refractivity contribution in [1.29, 1.82) is 0 Å². The van der Waals surface area contributed by atoms with Crippen LogP contribution in [0.2, 0.25) is 5.02 Å². The van der Waals surface area contributed by atoms with E-state index in [1.54, 1.807) is 11.8 Å². The lowest BCUT2D eigenvalue weighted by atomic mass is 9.96. The van der Waals surface area contributed by atoms with E-state index in [1.165, 1.54) is 5.56 Å². The zero-order valence-corrected chi connectivity index (χ0v) is 15.8. The largest absolute Gasteiger partial charge is 0.368 e. The molecule has 5 nitrogen and oxygen atoms in total. The molecule has 0 spiro atoms. The number of likely N-dealkylation sites (tertiary alicyclic amines) is 1. The molecule has 0 N–H and O–H groups in total. The van der Waals surface area contributed by atoms with E-state index >= 15 is 0 Å². The summed E-state index contributed by atoms with van der Waals surface area (Å²) in [6, 6.07) is 5.94. The van der Waals surface area contributed by atoms with Crippen LogP contribution in [0, 0.1) is 12.8 Å². The Labute approximate surface area is 154 Å². The van der Waals surface area contributed by atoms with Crippen LogP contribution in [0.1, 0.15) is 25.3 Å². The Hall–Kier alpha value is -1.75. The number of anilines is 1. The minimum Gasteiger partial charge on any atom is -0.368 e. The summed E-state index contributed by atoms with van der Waals surface area (Å²) in [5.41, 5.74) is 2.36. The first kappa shape index (κ1) is 18.1. The number of hydrogen-bond donors (Lipinski definition) is 0. The van der Waals surface area contributed by atoms with Crippen molar-refractivity contribution < 1.29 is 9.59 Å². The molecule has 1 atom stereocenters. The summed E-state index contributed by atoms with van der Waals surface area (Å²) in [5.74, 6) is 0.226. The molecule has 1 aromatic carbocycles. The van der Waals surface area contributed by atoms with Crippen LogP contribution in [-0.2, 0) is 9.59 Å². The molecule has 0 aromatic heterocycles. The van der Waals surface area contributed by atoms with E-state index in [1.807, 2.05) is 23.1 Å². The van der Waals surface area contributed by atoms with Gasteiger partial charge in [0, 0.05) is 56.9 Å². The second-order valence-electron chi connectivity index (χ2n) is 7.05. The second kappa shape index (κ2) is 7.65. The number of benzene rings is 1. The maximum absolute atomic E-state index is 12.8. The number of piperidine rings is 1. The van der Waals surface area contributed by atoms with Gasteiger partial charge in [0.25, 0.3) is 0 Å². The Morgan fingerprint density at radius 2 is 1.80 bits per heavy atom. The molecule has 2 heterocycles. The number of nitrogens with zero attached hydrogens (tertiary/aromatic N) is 3. The van der Waals surface area contributed by atoms with E-state index in [4.69, 9.17) is 11.6 Å². The van der Waals surface area contributed by atoms with Crippen molar-refractivity contribution in [2.45, 2.75) is 26.7 Å². The van der Waals surface area contributed by atoms with Crippen molar-refractivity contribution >= 4 is 29.1 Å². The Morgan fingerprint density at radius 1 is 1.08 bits per heavy atom. The van der Waals surface area contributed by atoms with Crippen LogP contribution in [0.5, 0.6) is 0 Å². The van der Waals surface area contributed by atoms with Gasteiger partial charge in [-0.1, -0.05) is 17.7 Å². The van der Waals surface area contributed by atoms with Crippen molar-refractivity contribution in [2.75, 3.05) is 44.2 Å². The Bertz CT molecular complexity index is 656. The molecule has 0 unspecified atom stereocenters. The molecule has 2 amide bonds. The van der Waals surface area contributed by atoms with Crippen LogP contribution in [0.15, 0.2) is 18.2 Å². The molecular weight excluding hydrogens is 338 g/mol. The van der Waals surface area contributed by atoms with Crippen LogP contribution in [0.4, 0.5) is 5.69 Å². The summed E-state index contributed by atoms with van der Waals surface area (Å²) in [4.78, 5) is 30.5. The number of carbonyl (C=O) groups excluding carboxylic acids is 2. The van der Waals surface area contributed by atoms with E-state index in [0.717, 1.165) is 56.3 Å². The highest BCUT2D eigenvalue weighted by atomic mass is 35.5. The number of amides is 2. The fourth-order valence-electron chi connectivity index (χ4n) is 3.81. The zero-order valence-electron chi connectivity index (χ0n) is 15.0. The quantitative estimate of drug-likeness (QED) is 0.811. The van der Waals surface area contributed by atoms with Gasteiger partial charge >= 0.3 is 0 Å². The third kappa shape index (κ3) is 4.09. The van der Waals surface area contributed by atoms with Crippen LogP contribution in [-0.4, -0.2) is 60.9 Å². The minimum atomic E-state index is -0.0443. The summed E-state index contributed by atoms with van der Waals surface area (Å²) in [7, 11) is 0. The van der Waals surface area contributed by atoms with Crippen molar-refractivity contribution in [3.05, 3.63) is 28.8 Å². The first-order valence-corrected chi connectivity index (χ1v) is 9.39. The van der Waals surface area contributed by atoms with Gasteiger partial charge in [-0.25, -0.2) is 0 Å². The lowest BCUT2D eigenvalue weighted by molar-refractivity contribution is -0.140. The monoisotopic (exact) mass is 363 g/mol. The highest BCUT2D eigenvalue weighted by molar-refractivity contribution is 6.30. The Balaban J connectivity index is 1.59. The predicted molar refractivity (Wildman–Crippen MR) is 100.0 cm³/mol. The molecule has 2 saturated heterocycles. The first-order valence-electron chi connectivity index (χ1n) is 9.01. The number of carbonyl (C=O) groups is 2. The van der Waals surface area contributed by atoms with Crippen molar-refractivity contribution in [3.63, 3.8) is 0 Å². The van der Waals surface area contributed by atoms with Gasteiger partial charge in [0.05, 0.1) is 5.92 Å². The van der Waals surface area contributed by atoms with Crippen molar-refractivity contribution in [3.8, 4) is 0 Å². The number of aryl methyl sites for hydroxylation is 1. The lowest BCUT2D eigenvalue weighted by Gasteiger charge is -2.40. The molecule has 0 radical (unpaired) electrons. The molecule has 2 aliphatic rings. The van der Waals surface area contributed by atoms with Gasteiger partial charge in [0.15, 0.2) is 0 Å². The summed E-state index contributed by atoms with van der Waals surface area (Å²) in [5, 5.41) is 0.741. The molecule has 2 aliphatic heterocycles. The van der Waals surface area contributed by atoms with Gasteiger partial charge in [-0.05, 0) is 37.5 Å². The lowest BCUT2D eigenvalue weighted by Crippen LogP contribution is -2.53. The zero-order chi connectivity index (χ0) is 18.0. The maximum atomic E-state index is 12.8. The van der Waals surface area contributed by atoms with Crippen LogP contribution < -0.4 is 4.90 Å². The van der Waals surface area contributed by atoms with Gasteiger partial charge in [0.2, 0.25) is 11.8 Å². The Kier molecular flexibility index (Phi) is 5.52. The van der Waals surface area contributed by atoms with Gasteiger partial charge in [-0.3, -0.25) is 9.59 Å². The summed E-state index contributed by atoms with van der Waals surface area (Å²) in [6.07, 6.45) is 1.80. The third-order valence-electron chi connectivity index (χ3n) is 5.32. The number of hydrogen-bond acceptors (Lipinski definition) is 3. The molecule has 1 aromatic rings. The van der Waals surface area contributed by atoms with E-state index < -0.39 is 0 Å². The fourth-order valence-corrected chi connectivity index (χ4v) is 3.98. The Morgan fingerprint density at radius 3 is 2.48 bits per heavy atom. The van der Waals surface area contributed by atoms with Gasteiger partial charge in [-0.15, -0.1) is 0 Å². The van der Waals surface area contributed by atoms with Crippen LogP contribution in [0.25, 0.3) is 0 Å². The van der Waals surface area contributed by atoms with E-state index in [0.29, 0.717) is 6.54 Å². The van der Waals surface area contributed by atoms with Gasteiger partial charge < -0.3 is 14.7 Å². The topological polar surface area (TPSA) is 43.9 Å². The van der Waals surface area contributed by atoms with Gasteiger partial charge in [0.1, 0.15) is 0 Å². The molecule has 0 aliphatic carbocycles. The molecule has 25 heavy (non-hydrogen) atoms. The fraction of sp³-hybridized carbons (Fsp3) is 0.579. The highest BCUT2D eigenvalue weighted by Gasteiger charge is 2.31. The summed E-state index contributed by atoms with van der Waals surface area (Å²) >= 11 is 6.13. The van der Waals surface area contributed by atoms with Gasteiger partial charge in [-0.2, -0.15) is 0 Å². The molecule has 6 heteroatoms. The summed E-state index contributed by atoms with van der Waals surface area (Å²) < 4.78 is 0. The van der Waals surface area contributed by atoms with E-state index in [9.17, 15) is 9.59 Å². The SMILES string of the molecule is CC(=O)N1CCC[C@@H](C(=O)N2CCN(c3cc(Cl)ccc3C)CC2)C1.